The van der Waals surface area contributed by atoms with E-state index in [0.29, 0.717) is 10.4 Å². The average Bonchev–Trinajstić information content (AvgIpc) is 2.46. The van der Waals surface area contributed by atoms with Crippen LogP contribution in [-0.4, -0.2) is 6.26 Å². The van der Waals surface area contributed by atoms with E-state index in [4.69, 9.17) is 10.5 Å². The Hall–Kier alpha value is -0.970. The normalized spacial score (nSPS) is 8.64. The number of thiophene rings is 1. The van der Waals surface area contributed by atoms with Crippen LogP contribution in [0.1, 0.15) is 10.4 Å². The minimum absolute atomic E-state index is 0.603. The predicted molar refractivity (Wildman–Crippen MR) is 45.5 cm³/mol. The molecule has 0 aliphatic carbocycles. The van der Waals surface area contributed by atoms with E-state index in [9.17, 15) is 0 Å². The van der Waals surface area contributed by atoms with Gasteiger partial charge in [0.15, 0.2) is 0 Å². The molecule has 0 bridgehead atoms. The van der Waals surface area contributed by atoms with Gasteiger partial charge in [-0.3, -0.25) is 0 Å². The maximum Gasteiger partial charge on any atom is 0.110 e. The van der Waals surface area contributed by atoms with Gasteiger partial charge in [-0.05, 0) is 12.3 Å². The number of nitrogens with zero attached hydrogens (tertiary/aromatic N) is 2. The number of thioether (sulfide) groups is 1. The van der Waals surface area contributed by atoms with Crippen molar-refractivity contribution in [2.45, 2.75) is 4.21 Å². The molecule has 0 aromatic carbocycles. The average molecular weight is 180 g/mol. The minimum Gasteiger partial charge on any atom is -0.192 e. The Balaban J connectivity index is 3.18. The first-order chi connectivity index (χ1) is 5.31. The summed E-state index contributed by atoms with van der Waals surface area (Å²) in [5.74, 6) is 0. The Bertz CT molecular complexity index is 340. The molecule has 1 aromatic rings. The van der Waals surface area contributed by atoms with Gasteiger partial charge in [-0.1, -0.05) is 0 Å². The van der Waals surface area contributed by atoms with Gasteiger partial charge < -0.3 is 0 Å². The second-order valence-corrected chi connectivity index (χ2v) is 3.87. The minimum atomic E-state index is 0.603. The van der Waals surface area contributed by atoms with Crippen molar-refractivity contribution in [3.8, 4) is 12.1 Å². The van der Waals surface area contributed by atoms with Crippen molar-refractivity contribution < 1.29 is 0 Å². The molecule has 0 radical (unpaired) electrons. The van der Waals surface area contributed by atoms with E-state index in [1.54, 1.807) is 6.07 Å². The first kappa shape index (κ1) is 8.13. The summed E-state index contributed by atoms with van der Waals surface area (Å²) < 4.78 is 0.920. The van der Waals surface area contributed by atoms with Gasteiger partial charge in [0.2, 0.25) is 0 Å². The van der Waals surface area contributed by atoms with E-state index in [1.807, 2.05) is 18.4 Å². The zero-order valence-corrected chi connectivity index (χ0v) is 7.42. The largest absolute Gasteiger partial charge is 0.192 e. The number of hydrogen-bond acceptors (Lipinski definition) is 4. The number of nitriles is 2. The highest BCUT2D eigenvalue weighted by molar-refractivity contribution is 8.00. The van der Waals surface area contributed by atoms with Crippen molar-refractivity contribution in [2.24, 2.45) is 0 Å². The molecule has 0 saturated carbocycles. The molecule has 1 aromatic heterocycles. The molecule has 4 heteroatoms. The highest BCUT2D eigenvalue weighted by Crippen LogP contribution is 2.29. The molecule has 0 aliphatic heterocycles. The zero-order valence-electron chi connectivity index (χ0n) is 5.79. The first-order valence-corrected chi connectivity index (χ1v) is 4.84. The fraction of sp³-hybridized carbons (Fsp3) is 0.143. The third kappa shape index (κ3) is 1.54. The van der Waals surface area contributed by atoms with E-state index in [-0.39, 0.29) is 0 Å². The van der Waals surface area contributed by atoms with E-state index in [1.165, 1.54) is 23.1 Å². The molecule has 0 amide bonds. The zero-order chi connectivity index (χ0) is 8.27. The highest BCUT2D eigenvalue weighted by Gasteiger charge is 2.05. The second-order valence-electron chi connectivity index (χ2n) is 1.74. The molecule has 54 valence electrons. The van der Waals surface area contributed by atoms with Crippen LogP contribution in [0.3, 0.4) is 0 Å². The molecule has 0 atom stereocenters. The van der Waals surface area contributed by atoms with Crippen LogP contribution in [0.5, 0.6) is 0 Å². The number of rotatable bonds is 1. The van der Waals surface area contributed by atoms with Crippen molar-refractivity contribution >= 4 is 23.1 Å². The van der Waals surface area contributed by atoms with Gasteiger partial charge >= 0.3 is 0 Å². The maximum atomic E-state index is 8.59. The summed E-state index contributed by atoms with van der Waals surface area (Å²) >= 11 is 2.86. The van der Waals surface area contributed by atoms with Crippen LogP contribution >= 0.6 is 23.1 Å². The monoisotopic (exact) mass is 180 g/mol. The van der Waals surface area contributed by atoms with E-state index < -0.39 is 0 Å². The maximum absolute atomic E-state index is 8.59. The molecule has 11 heavy (non-hydrogen) atoms. The van der Waals surface area contributed by atoms with Crippen LogP contribution < -0.4 is 0 Å². The van der Waals surface area contributed by atoms with Crippen LogP contribution in [0, 0.1) is 22.7 Å². The standard InChI is InChI=1S/C7H4N2S2/c1-10-7-5(3-8)2-6(4-9)11-7/h2H,1H3. The van der Waals surface area contributed by atoms with Crippen molar-refractivity contribution in [1.29, 1.82) is 10.5 Å². The van der Waals surface area contributed by atoms with Gasteiger partial charge in [0.05, 0.1) is 9.77 Å². The lowest BCUT2D eigenvalue weighted by molar-refractivity contribution is 1.46. The summed E-state index contributed by atoms with van der Waals surface area (Å²) in [6, 6.07) is 5.67. The topological polar surface area (TPSA) is 47.6 Å². The van der Waals surface area contributed by atoms with Crippen molar-refractivity contribution in [2.75, 3.05) is 6.26 Å². The van der Waals surface area contributed by atoms with E-state index >= 15 is 0 Å². The summed E-state index contributed by atoms with van der Waals surface area (Å²) in [6.45, 7) is 0. The molecule has 1 heterocycles. The molecule has 2 nitrogen and oxygen atoms in total. The molecular formula is C7H4N2S2. The fourth-order valence-electron chi connectivity index (χ4n) is 0.659. The van der Waals surface area contributed by atoms with Gasteiger partial charge in [-0.25, -0.2) is 0 Å². The van der Waals surface area contributed by atoms with Crippen molar-refractivity contribution in [1.82, 2.24) is 0 Å². The molecule has 0 saturated heterocycles. The van der Waals surface area contributed by atoms with Crippen LogP contribution in [-0.2, 0) is 0 Å². The van der Waals surface area contributed by atoms with Gasteiger partial charge in [-0.2, -0.15) is 10.5 Å². The molecule has 0 N–H and O–H groups in total. The van der Waals surface area contributed by atoms with Crippen LogP contribution in [0.25, 0.3) is 0 Å². The lowest BCUT2D eigenvalue weighted by Crippen LogP contribution is -1.66. The Morgan fingerprint density at radius 2 is 2.18 bits per heavy atom. The third-order valence-electron chi connectivity index (χ3n) is 1.11. The number of hydrogen-bond donors (Lipinski definition) is 0. The van der Waals surface area contributed by atoms with E-state index in [2.05, 4.69) is 0 Å². The smallest absolute Gasteiger partial charge is 0.110 e. The summed E-state index contributed by atoms with van der Waals surface area (Å²) in [5.41, 5.74) is 0.610. The molecule has 0 fully saturated rings. The summed E-state index contributed by atoms with van der Waals surface area (Å²) in [5, 5.41) is 17.1. The van der Waals surface area contributed by atoms with Crippen molar-refractivity contribution in [3.05, 3.63) is 16.5 Å². The quantitative estimate of drug-likeness (QED) is 0.622. The van der Waals surface area contributed by atoms with E-state index in [0.717, 1.165) is 4.21 Å². The fourth-order valence-corrected chi connectivity index (χ4v) is 2.22. The van der Waals surface area contributed by atoms with Crippen molar-refractivity contribution in [3.63, 3.8) is 0 Å². The summed E-state index contributed by atoms with van der Waals surface area (Å²) in [6.07, 6.45) is 1.90. The van der Waals surface area contributed by atoms with Gasteiger partial charge in [0.25, 0.3) is 0 Å². The Labute approximate surface area is 73.1 Å². The molecule has 1 rings (SSSR count). The SMILES string of the molecule is CSc1sc(C#N)cc1C#N. The summed E-state index contributed by atoms with van der Waals surface area (Å²) in [4.78, 5) is 0.603. The first-order valence-electron chi connectivity index (χ1n) is 2.80. The van der Waals surface area contributed by atoms with Gasteiger partial charge in [0, 0.05) is 0 Å². The summed E-state index contributed by atoms with van der Waals surface area (Å²) in [7, 11) is 0. The molecule has 0 aliphatic rings. The van der Waals surface area contributed by atoms with Crippen LogP contribution in [0.4, 0.5) is 0 Å². The Morgan fingerprint density at radius 3 is 2.55 bits per heavy atom. The highest BCUT2D eigenvalue weighted by atomic mass is 32.2. The molecular weight excluding hydrogens is 176 g/mol. The molecule has 0 unspecified atom stereocenters. The molecule has 0 spiro atoms. The Kier molecular flexibility index (Phi) is 2.53. The lowest BCUT2D eigenvalue weighted by atomic mass is 10.3. The van der Waals surface area contributed by atoms with Gasteiger partial charge in [0.1, 0.15) is 17.0 Å². The van der Waals surface area contributed by atoms with Crippen LogP contribution in [0.2, 0.25) is 0 Å². The second kappa shape index (κ2) is 3.43. The lowest BCUT2D eigenvalue weighted by Gasteiger charge is -1.84. The Morgan fingerprint density at radius 1 is 1.45 bits per heavy atom. The predicted octanol–water partition coefficient (Wildman–Crippen LogP) is 2.21. The van der Waals surface area contributed by atoms with Crippen LogP contribution in [0.15, 0.2) is 10.3 Å². The van der Waals surface area contributed by atoms with Gasteiger partial charge in [-0.15, -0.1) is 23.1 Å². The third-order valence-corrected chi connectivity index (χ3v) is 3.29.